The van der Waals surface area contributed by atoms with E-state index in [9.17, 15) is 19.5 Å². The van der Waals surface area contributed by atoms with Crippen LogP contribution in [0.2, 0.25) is 0 Å². The second kappa shape index (κ2) is 10.9. The molecule has 1 aromatic carbocycles. The Morgan fingerprint density at radius 3 is 2.36 bits per heavy atom. The number of likely N-dealkylation sites (tertiary alicyclic amines) is 1. The fourth-order valence-electron chi connectivity index (χ4n) is 7.08. The minimum atomic E-state index is -1.13. The van der Waals surface area contributed by atoms with E-state index in [0.717, 1.165) is 5.56 Å². The first-order valence-corrected chi connectivity index (χ1v) is 14.0. The Hall–Kier alpha value is -2.97. The highest BCUT2D eigenvalue weighted by Crippen LogP contribution is 2.64. The van der Waals surface area contributed by atoms with Crippen LogP contribution in [-0.4, -0.2) is 86.6 Å². The Morgan fingerprint density at radius 2 is 1.79 bits per heavy atom. The zero-order valence-electron chi connectivity index (χ0n) is 23.8. The van der Waals surface area contributed by atoms with E-state index >= 15 is 0 Å². The molecule has 3 amide bonds. The summed E-state index contributed by atoms with van der Waals surface area (Å²) in [5.74, 6) is -2.21. The van der Waals surface area contributed by atoms with Gasteiger partial charge in [-0.2, -0.15) is 0 Å². The maximum atomic E-state index is 14.4. The largest absolute Gasteiger partial charge is 0.395 e. The molecule has 2 unspecified atom stereocenters. The number of carbonyl (C=O) groups excluding carboxylic acids is 3. The van der Waals surface area contributed by atoms with Crippen molar-refractivity contribution in [3.63, 3.8) is 0 Å². The van der Waals surface area contributed by atoms with E-state index in [1.807, 2.05) is 58.0 Å². The summed E-state index contributed by atoms with van der Waals surface area (Å²) in [4.78, 5) is 47.8. The van der Waals surface area contributed by atoms with Crippen molar-refractivity contribution in [1.82, 2.24) is 14.7 Å². The Labute approximate surface area is 232 Å². The fraction of sp³-hybridized carbons (Fsp3) is 0.581. The Kier molecular flexibility index (Phi) is 8.11. The second-order valence-corrected chi connectivity index (χ2v) is 12.0. The van der Waals surface area contributed by atoms with Crippen LogP contribution in [0.5, 0.6) is 0 Å². The van der Waals surface area contributed by atoms with Gasteiger partial charge in [0.05, 0.1) is 24.0 Å². The maximum Gasteiger partial charge on any atom is 0.249 e. The van der Waals surface area contributed by atoms with Crippen molar-refractivity contribution in [2.75, 3.05) is 26.2 Å². The fourth-order valence-corrected chi connectivity index (χ4v) is 7.08. The molecule has 212 valence electrons. The zero-order valence-corrected chi connectivity index (χ0v) is 23.8. The summed E-state index contributed by atoms with van der Waals surface area (Å²) in [7, 11) is 0. The standard InChI is InChI=1S/C31H43N3O5/c1-7-17-32(21-22-13-11-10-12-14-22)26(36)23-24-27(37)33(19-20-35)25(28(38)34(18-8-2)29(4,5)6)31(24)16-15-30(23,9-3)39-31/h7-8,10-14,23-25,35H,1-2,9,15-21H2,3-6H3/t23-,24-,25?,30+,31?/m0/s1. The number of fused-ring (bicyclic) bond motifs is 1. The minimum Gasteiger partial charge on any atom is -0.395 e. The summed E-state index contributed by atoms with van der Waals surface area (Å²) in [6.45, 7) is 16.3. The van der Waals surface area contributed by atoms with Crippen molar-refractivity contribution in [2.45, 2.75) is 76.3 Å². The molecular weight excluding hydrogens is 494 g/mol. The summed E-state index contributed by atoms with van der Waals surface area (Å²) in [6.07, 6.45) is 5.02. The topological polar surface area (TPSA) is 90.4 Å². The predicted molar refractivity (Wildman–Crippen MR) is 149 cm³/mol. The number of aliphatic hydroxyl groups is 1. The van der Waals surface area contributed by atoms with Crippen molar-refractivity contribution >= 4 is 17.7 Å². The number of rotatable bonds is 11. The number of benzene rings is 1. The van der Waals surface area contributed by atoms with Crippen molar-refractivity contribution in [3.05, 3.63) is 61.2 Å². The van der Waals surface area contributed by atoms with Gasteiger partial charge in [-0.15, -0.1) is 13.2 Å². The van der Waals surface area contributed by atoms with E-state index in [1.165, 1.54) is 4.90 Å². The molecule has 3 saturated heterocycles. The molecule has 2 bridgehead atoms. The molecule has 8 heteroatoms. The molecule has 4 rings (SSSR count). The molecular formula is C31H43N3O5. The van der Waals surface area contributed by atoms with Gasteiger partial charge in [0.25, 0.3) is 0 Å². The minimum absolute atomic E-state index is 0.00332. The summed E-state index contributed by atoms with van der Waals surface area (Å²) < 4.78 is 6.86. The molecule has 39 heavy (non-hydrogen) atoms. The van der Waals surface area contributed by atoms with Crippen LogP contribution >= 0.6 is 0 Å². The number of ether oxygens (including phenoxy) is 1. The molecule has 0 aromatic heterocycles. The van der Waals surface area contributed by atoms with Crippen LogP contribution in [0.25, 0.3) is 0 Å². The monoisotopic (exact) mass is 537 g/mol. The highest BCUT2D eigenvalue weighted by atomic mass is 16.5. The number of hydrogen-bond acceptors (Lipinski definition) is 5. The smallest absolute Gasteiger partial charge is 0.249 e. The molecule has 3 heterocycles. The highest BCUT2D eigenvalue weighted by Gasteiger charge is 2.79. The molecule has 3 fully saturated rings. The van der Waals surface area contributed by atoms with Crippen LogP contribution in [0.4, 0.5) is 0 Å². The lowest BCUT2D eigenvalue weighted by Gasteiger charge is -2.42. The molecule has 1 spiro atoms. The lowest BCUT2D eigenvalue weighted by molar-refractivity contribution is -0.157. The first-order chi connectivity index (χ1) is 18.5. The average Bonchev–Trinajstić information content (AvgIpc) is 3.50. The van der Waals surface area contributed by atoms with Crippen molar-refractivity contribution < 1.29 is 24.2 Å². The summed E-state index contributed by atoms with van der Waals surface area (Å²) in [5, 5.41) is 9.91. The van der Waals surface area contributed by atoms with Gasteiger partial charge in [0, 0.05) is 31.7 Å². The van der Waals surface area contributed by atoms with Gasteiger partial charge >= 0.3 is 0 Å². The van der Waals surface area contributed by atoms with E-state index in [4.69, 9.17) is 4.74 Å². The third-order valence-corrected chi connectivity index (χ3v) is 8.79. The van der Waals surface area contributed by atoms with Gasteiger partial charge in [-0.3, -0.25) is 14.4 Å². The first kappa shape index (κ1) is 29.0. The van der Waals surface area contributed by atoms with E-state index in [1.54, 1.807) is 22.0 Å². The zero-order chi connectivity index (χ0) is 28.6. The third kappa shape index (κ3) is 4.72. The van der Waals surface area contributed by atoms with Crippen LogP contribution in [0.3, 0.4) is 0 Å². The molecule has 5 atom stereocenters. The van der Waals surface area contributed by atoms with Crippen molar-refractivity contribution in [1.29, 1.82) is 0 Å². The quantitative estimate of drug-likeness (QED) is 0.438. The summed E-state index contributed by atoms with van der Waals surface area (Å²) in [5.41, 5.74) is -1.51. The number of carbonyl (C=O) groups is 3. The van der Waals surface area contributed by atoms with E-state index in [0.29, 0.717) is 38.9 Å². The van der Waals surface area contributed by atoms with Gasteiger partial charge in [-0.05, 0) is 45.6 Å². The molecule has 8 nitrogen and oxygen atoms in total. The van der Waals surface area contributed by atoms with Crippen LogP contribution < -0.4 is 0 Å². The van der Waals surface area contributed by atoms with Gasteiger partial charge in [0.1, 0.15) is 11.6 Å². The lowest BCUT2D eigenvalue weighted by atomic mass is 9.64. The van der Waals surface area contributed by atoms with Crippen LogP contribution in [0, 0.1) is 11.8 Å². The lowest BCUT2D eigenvalue weighted by Crippen LogP contribution is -2.60. The molecule has 3 aliphatic heterocycles. The average molecular weight is 538 g/mol. The van der Waals surface area contributed by atoms with Gasteiger partial charge in [-0.25, -0.2) is 0 Å². The SMILES string of the molecule is C=CCN(Cc1ccccc1)C(=O)[C@@H]1[C@H]2C(=O)N(CCO)C(C(=O)N(CC=C)C(C)(C)C)C23CC[C@@]1(CC)O3. The van der Waals surface area contributed by atoms with Crippen molar-refractivity contribution in [2.24, 2.45) is 11.8 Å². The Morgan fingerprint density at radius 1 is 1.13 bits per heavy atom. The predicted octanol–water partition coefficient (Wildman–Crippen LogP) is 3.16. The van der Waals surface area contributed by atoms with Crippen LogP contribution in [0.15, 0.2) is 55.6 Å². The number of aliphatic hydroxyl groups excluding tert-OH is 1. The first-order valence-electron chi connectivity index (χ1n) is 14.0. The van der Waals surface area contributed by atoms with E-state index < -0.39 is 34.6 Å². The molecule has 1 N–H and O–H groups in total. The van der Waals surface area contributed by atoms with Crippen LogP contribution in [0.1, 0.15) is 52.5 Å². The Bertz CT molecular complexity index is 1110. The van der Waals surface area contributed by atoms with Gasteiger partial charge < -0.3 is 24.5 Å². The Balaban J connectivity index is 1.78. The van der Waals surface area contributed by atoms with Gasteiger partial charge in [0.15, 0.2) is 0 Å². The molecule has 0 saturated carbocycles. The van der Waals surface area contributed by atoms with Crippen molar-refractivity contribution in [3.8, 4) is 0 Å². The molecule has 3 aliphatic rings. The number of hydrogen-bond donors (Lipinski definition) is 1. The number of nitrogens with zero attached hydrogens (tertiary/aromatic N) is 3. The third-order valence-electron chi connectivity index (χ3n) is 8.79. The second-order valence-electron chi connectivity index (χ2n) is 12.0. The molecule has 1 aromatic rings. The summed E-state index contributed by atoms with van der Waals surface area (Å²) >= 11 is 0. The molecule has 0 aliphatic carbocycles. The molecule has 0 radical (unpaired) electrons. The van der Waals surface area contributed by atoms with Crippen LogP contribution in [-0.2, 0) is 25.7 Å². The van der Waals surface area contributed by atoms with E-state index in [2.05, 4.69) is 13.2 Å². The van der Waals surface area contributed by atoms with Gasteiger partial charge in [-0.1, -0.05) is 49.4 Å². The summed E-state index contributed by atoms with van der Waals surface area (Å²) in [6, 6.07) is 8.81. The van der Waals surface area contributed by atoms with E-state index in [-0.39, 0.29) is 30.9 Å². The number of β-amino-alcohol motifs (C(OH)–C–C–N with tert-alkyl or cyclic N) is 1. The highest BCUT2D eigenvalue weighted by molar-refractivity contribution is 5.99. The number of amides is 3. The van der Waals surface area contributed by atoms with Gasteiger partial charge in [0.2, 0.25) is 17.7 Å². The normalized spacial score (nSPS) is 29.3. The maximum absolute atomic E-state index is 14.4.